The molecule has 0 saturated carbocycles. The molecule has 0 aliphatic carbocycles. The fourth-order valence-corrected chi connectivity index (χ4v) is 2.98. The Balaban J connectivity index is 2.36. The molecular formula is C13H11BrO2S. The van der Waals surface area contributed by atoms with Gasteiger partial charge in [0.05, 0.1) is 15.8 Å². The number of benzene rings is 1. The van der Waals surface area contributed by atoms with Gasteiger partial charge in [-0.2, -0.15) is 0 Å². The van der Waals surface area contributed by atoms with Crippen molar-refractivity contribution in [1.29, 1.82) is 0 Å². The van der Waals surface area contributed by atoms with Gasteiger partial charge in [0.25, 0.3) is 0 Å². The van der Waals surface area contributed by atoms with Gasteiger partial charge in [0.1, 0.15) is 5.75 Å². The summed E-state index contributed by atoms with van der Waals surface area (Å²) >= 11 is 4.88. The van der Waals surface area contributed by atoms with Crippen LogP contribution in [0.15, 0.2) is 34.1 Å². The maximum Gasteiger partial charge on any atom is 0.203 e. The van der Waals surface area contributed by atoms with Gasteiger partial charge < -0.3 is 4.74 Å². The van der Waals surface area contributed by atoms with E-state index in [1.165, 1.54) is 11.3 Å². The molecule has 88 valence electrons. The number of ether oxygens (including phenoxy) is 1. The van der Waals surface area contributed by atoms with Gasteiger partial charge in [-0.3, -0.25) is 4.79 Å². The van der Waals surface area contributed by atoms with E-state index in [1.807, 2.05) is 25.1 Å². The zero-order valence-corrected chi connectivity index (χ0v) is 11.9. The average Bonchev–Trinajstić information content (AvgIpc) is 2.69. The molecule has 1 aromatic heterocycles. The van der Waals surface area contributed by atoms with Gasteiger partial charge in [-0.25, -0.2) is 0 Å². The standard InChI is InChI=1S/C13H11BrO2S/c1-8-6-11(17-13(8)14)12(15)9-4-3-5-10(7-9)16-2/h3-7H,1-2H3. The molecule has 0 fully saturated rings. The molecule has 0 atom stereocenters. The predicted octanol–water partition coefficient (Wildman–Crippen LogP) is 4.06. The Bertz CT molecular complexity index is 541. The van der Waals surface area contributed by atoms with Crippen LogP contribution in [-0.2, 0) is 0 Å². The quantitative estimate of drug-likeness (QED) is 0.799. The van der Waals surface area contributed by atoms with Crippen molar-refractivity contribution >= 4 is 33.0 Å². The number of carbonyl (C=O) groups is 1. The molecule has 1 aromatic carbocycles. The first-order valence-corrected chi connectivity index (χ1v) is 6.67. The minimum Gasteiger partial charge on any atom is -0.497 e. The third-order valence-corrected chi connectivity index (χ3v) is 4.55. The molecule has 0 saturated heterocycles. The molecule has 0 aliphatic rings. The van der Waals surface area contributed by atoms with Gasteiger partial charge in [-0.15, -0.1) is 11.3 Å². The van der Waals surface area contributed by atoms with Crippen LogP contribution in [0, 0.1) is 6.92 Å². The number of ketones is 1. The summed E-state index contributed by atoms with van der Waals surface area (Å²) < 4.78 is 6.12. The van der Waals surface area contributed by atoms with E-state index in [0.29, 0.717) is 11.3 Å². The summed E-state index contributed by atoms with van der Waals surface area (Å²) in [6.07, 6.45) is 0. The number of hydrogen-bond donors (Lipinski definition) is 0. The number of halogens is 1. The zero-order valence-electron chi connectivity index (χ0n) is 9.49. The maximum atomic E-state index is 12.2. The highest BCUT2D eigenvalue weighted by Crippen LogP contribution is 2.29. The molecule has 2 nitrogen and oxygen atoms in total. The summed E-state index contributed by atoms with van der Waals surface area (Å²) in [6.45, 7) is 1.98. The normalized spacial score (nSPS) is 10.3. The Labute approximate surface area is 112 Å². The van der Waals surface area contributed by atoms with E-state index >= 15 is 0 Å². The minimum atomic E-state index is 0.0303. The smallest absolute Gasteiger partial charge is 0.203 e. The van der Waals surface area contributed by atoms with Gasteiger partial charge in [0.15, 0.2) is 0 Å². The highest BCUT2D eigenvalue weighted by Gasteiger charge is 2.13. The number of carbonyl (C=O) groups excluding carboxylic acids is 1. The number of rotatable bonds is 3. The molecule has 0 N–H and O–H groups in total. The molecule has 1 heterocycles. The lowest BCUT2D eigenvalue weighted by molar-refractivity contribution is 0.104. The first kappa shape index (κ1) is 12.3. The molecule has 2 rings (SSSR count). The van der Waals surface area contributed by atoms with Crippen LogP contribution in [0.3, 0.4) is 0 Å². The van der Waals surface area contributed by atoms with E-state index in [0.717, 1.165) is 14.2 Å². The van der Waals surface area contributed by atoms with E-state index < -0.39 is 0 Å². The summed E-state index contributed by atoms with van der Waals surface area (Å²) in [5, 5.41) is 0. The van der Waals surface area contributed by atoms with Gasteiger partial charge in [0, 0.05) is 5.56 Å². The molecule has 0 amide bonds. The monoisotopic (exact) mass is 310 g/mol. The fourth-order valence-electron chi connectivity index (χ4n) is 1.48. The number of methoxy groups -OCH3 is 1. The summed E-state index contributed by atoms with van der Waals surface area (Å²) in [4.78, 5) is 13.0. The largest absolute Gasteiger partial charge is 0.497 e. The highest BCUT2D eigenvalue weighted by molar-refractivity contribution is 9.11. The van der Waals surface area contributed by atoms with Crippen LogP contribution < -0.4 is 4.74 Å². The fraction of sp³-hybridized carbons (Fsp3) is 0.154. The maximum absolute atomic E-state index is 12.2. The zero-order chi connectivity index (χ0) is 12.4. The Hall–Kier alpha value is -1.13. The second-order valence-electron chi connectivity index (χ2n) is 3.63. The number of aryl methyl sites for hydroxylation is 1. The van der Waals surface area contributed by atoms with Crippen LogP contribution in [-0.4, -0.2) is 12.9 Å². The number of hydrogen-bond acceptors (Lipinski definition) is 3. The van der Waals surface area contributed by atoms with Crippen molar-refractivity contribution < 1.29 is 9.53 Å². The van der Waals surface area contributed by atoms with Crippen molar-refractivity contribution in [3.8, 4) is 5.75 Å². The SMILES string of the molecule is COc1cccc(C(=O)c2cc(C)c(Br)s2)c1. The van der Waals surface area contributed by atoms with Crippen molar-refractivity contribution in [2.75, 3.05) is 7.11 Å². The molecular weight excluding hydrogens is 300 g/mol. The third kappa shape index (κ3) is 2.58. The van der Waals surface area contributed by atoms with Crippen LogP contribution >= 0.6 is 27.3 Å². The highest BCUT2D eigenvalue weighted by atomic mass is 79.9. The Kier molecular flexibility index (Phi) is 3.64. The summed E-state index contributed by atoms with van der Waals surface area (Å²) in [7, 11) is 1.59. The van der Waals surface area contributed by atoms with Crippen LogP contribution in [0.1, 0.15) is 20.8 Å². The van der Waals surface area contributed by atoms with Crippen molar-refractivity contribution in [3.05, 3.63) is 50.1 Å². The molecule has 17 heavy (non-hydrogen) atoms. The Morgan fingerprint density at radius 2 is 2.12 bits per heavy atom. The lowest BCUT2D eigenvalue weighted by Gasteiger charge is -2.02. The van der Waals surface area contributed by atoms with Crippen LogP contribution in [0.5, 0.6) is 5.75 Å². The molecule has 2 aromatic rings. The molecule has 0 aliphatic heterocycles. The molecule has 0 radical (unpaired) electrons. The summed E-state index contributed by atoms with van der Waals surface area (Å²) in [5.41, 5.74) is 1.74. The summed E-state index contributed by atoms with van der Waals surface area (Å²) in [6, 6.07) is 9.10. The van der Waals surface area contributed by atoms with E-state index in [-0.39, 0.29) is 5.78 Å². The predicted molar refractivity (Wildman–Crippen MR) is 73.2 cm³/mol. The van der Waals surface area contributed by atoms with Crippen molar-refractivity contribution in [2.45, 2.75) is 6.92 Å². The Morgan fingerprint density at radius 1 is 1.35 bits per heavy atom. The second kappa shape index (κ2) is 5.02. The second-order valence-corrected chi connectivity index (χ2v) is 6.00. The minimum absolute atomic E-state index is 0.0303. The van der Waals surface area contributed by atoms with Gasteiger partial charge in [-0.05, 0) is 46.6 Å². The molecule has 0 spiro atoms. The first-order chi connectivity index (χ1) is 8.11. The van der Waals surface area contributed by atoms with Gasteiger partial charge >= 0.3 is 0 Å². The molecule has 4 heteroatoms. The van der Waals surface area contributed by atoms with E-state index in [4.69, 9.17) is 4.74 Å². The van der Waals surface area contributed by atoms with Crippen molar-refractivity contribution in [1.82, 2.24) is 0 Å². The van der Waals surface area contributed by atoms with E-state index in [9.17, 15) is 4.79 Å². The van der Waals surface area contributed by atoms with Crippen LogP contribution in [0.25, 0.3) is 0 Å². The third-order valence-electron chi connectivity index (χ3n) is 2.41. The average molecular weight is 311 g/mol. The molecule has 0 bridgehead atoms. The Morgan fingerprint density at radius 3 is 2.71 bits per heavy atom. The van der Waals surface area contributed by atoms with E-state index in [2.05, 4.69) is 15.9 Å². The lowest BCUT2D eigenvalue weighted by Crippen LogP contribution is -1.98. The van der Waals surface area contributed by atoms with Crippen LogP contribution in [0.4, 0.5) is 0 Å². The lowest BCUT2D eigenvalue weighted by atomic mass is 10.1. The van der Waals surface area contributed by atoms with Gasteiger partial charge in [0.2, 0.25) is 5.78 Å². The molecule has 0 unspecified atom stereocenters. The van der Waals surface area contributed by atoms with E-state index in [1.54, 1.807) is 19.2 Å². The van der Waals surface area contributed by atoms with Crippen molar-refractivity contribution in [3.63, 3.8) is 0 Å². The van der Waals surface area contributed by atoms with Crippen molar-refractivity contribution in [2.24, 2.45) is 0 Å². The summed E-state index contributed by atoms with van der Waals surface area (Å²) in [5.74, 6) is 0.728. The number of thiophene rings is 1. The first-order valence-electron chi connectivity index (χ1n) is 5.06. The van der Waals surface area contributed by atoms with Crippen LogP contribution in [0.2, 0.25) is 0 Å². The van der Waals surface area contributed by atoms with Gasteiger partial charge in [-0.1, -0.05) is 12.1 Å². The topological polar surface area (TPSA) is 26.3 Å².